The van der Waals surface area contributed by atoms with Crippen LogP contribution in [0.3, 0.4) is 0 Å². The highest BCUT2D eigenvalue weighted by Gasteiger charge is 2.47. The van der Waals surface area contributed by atoms with Crippen LogP contribution >= 0.6 is 0 Å². The van der Waals surface area contributed by atoms with Crippen LogP contribution in [0.5, 0.6) is 0 Å². The zero-order chi connectivity index (χ0) is 18.8. The maximum Gasteiger partial charge on any atom is 0.257 e. The van der Waals surface area contributed by atoms with Gasteiger partial charge >= 0.3 is 0 Å². The third-order valence-electron chi connectivity index (χ3n) is 6.82. The Morgan fingerprint density at radius 1 is 0.963 bits per heavy atom. The molecule has 0 spiro atoms. The molecule has 0 atom stereocenters. The minimum absolute atomic E-state index is 0.887. The second-order valence-corrected chi connectivity index (χ2v) is 8.08. The molecule has 0 amide bonds. The summed E-state index contributed by atoms with van der Waals surface area (Å²) < 4.78 is 7.53. The largest absolute Gasteiger partial charge is 0.439 e. The molecule has 27 heavy (non-hydrogen) atoms. The van der Waals surface area contributed by atoms with Gasteiger partial charge in [0.05, 0.1) is 23.6 Å². The summed E-state index contributed by atoms with van der Waals surface area (Å²) in [4.78, 5) is 0. The van der Waals surface area contributed by atoms with Crippen molar-refractivity contribution in [3.63, 3.8) is 0 Å². The predicted molar refractivity (Wildman–Crippen MR) is 114 cm³/mol. The minimum atomic E-state index is -0.887. The topological polar surface area (TPSA) is 13.7 Å². The number of fused-ring (bicyclic) bond motifs is 5. The van der Waals surface area contributed by atoms with Crippen molar-refractivity contribution < 1.29 is 4.57 Å². The van der Waals surface area contributed by atoms with Crippen LogP contribution in [0.15, 0.2) is 60.9 Å². The maximum atomic E-state index is 2.66. The van der Waals surface area contributed by atoms with E-state index in [-0.39, 0.29) is 0 Å². The first kappa shape index (κ1) is 16.4. The lowest BCUT2D eigenvalue weighted by Gasteiger charge is -2.31. The van der Waals surface area contributed by atoms with Gasteiger partial charge in [-0.3, -0.25) is 4.57 Å². The molecular formula is C23H26BN3. The molecular weight excluding hydrogens is 329 g/mol. The summed E-state index contributed by atoms with van der Waals surface area (Å²) in [5.41, 5.74) is 6.72. The molecule has 0 saturated heterocycles. The van der Waals surface area contributed by atoms with Gasteiger partial charge in [-0.1, -0.05) is 44.2 Å². The van der Waals surface area contributed by atoms with Gasteiger partial charge in [-0.25, -0.2) is 4.57 Å². The van der Waals surface area contributed by atoms with Crippen LogP contribution in [0.4, 0.5) is 0 Å². The normalized spacial score (nSPS) is 14.5. The standard InChI is InChI=1S/C23H26BN3/c1-5-24(6-2)23-25(19-11-9-10-17(3)16-19)14-15-26(23)22-18(4)20-12-7-8-13-21(20)27(22)24/h7-16H,5-6H2,1-4H3. The van der Waals surface area contributed by atoms with Gasteiger partial charge in [0.15, 0.2) is 5.82 Å². The van der Waals surface area contributed by atoms with Gasteiger partial charge in [0.1, 0.15) is 5.69 Å². The lowest BCUT2D eigenvalue weighted by molar-refractivity contribution is -0.576. The van der Waals surface area contributed by atoms with E-state index < -0.39 is 6.28 Å². The zero-order valence-corrected chi connectivity index (χ0v) is 16.6. The molecule has 2 aromatic carbocycles. The number of para-hydroxylation sites is 1. The molecule has 0 N–H and O–H groups in total. The molecule has 0 unspecified atom stereocenters. The minimum Gasteiger partial charge on any atom is -0.439 e. The lowest BCUT2D eigenvalue weighted by atomic mass is 9.31. The first-order valence-corrected chi connectivity index (χ1v) is 10.1. The van der Waals surface area contributed by atoms with E-state index >= 15 is 0 Å². The number of rotatable bonds is 3. The molecule has 5 rings (SSSR count). The molecule has 0 bridgehead atoms. The Balaban J connectivity index is 1.89. The number of aromatic nitrogens is 3. The van der Waals surface area contributed by atoms with Crippen molar-refractivity contribution >= 4 is 22.9 Å². The van der Waals surface area contributed by atoms with Crippen molar-refractivity contribution in [1.29, 1.82) is 0 Å². The maximum absolute atomic E-state index is 2.66. The molecule has 4 aromatic rings. The summed E-state index contributed by atoms with van der Waals surface area (Å²) in [6.07, 6.45) is 5.86. The van der Waals surface area contributed by atoms with Crippen LogP contribution < -0.4 is 10.3 Å². The van der Waals surface area contributed by atoms with Crippen LogP contribution in [-0.4, -0.2) is 15.3 Å². The van der Waals surface area contributed by atoms with E-state index in [0.29, 0.717) is 0 Å². The third-order valence-corrected chi connectivity index (χ3v) is 6.82. The molecule has 2 aromatic heterocycles. The summed E-state index contributed by atoms with van der Waals surface area (Å²) in [5, 5.41) is 1.38. The van der Waals surface area contributed by atoms with E-state index in [1.54, 1.807) is 0 Å². The van der Waals surface area contributed by atoms with Gasteiger partial charge in [-0.15, -0.1) is 12.6 Å². The fourth-order valence-electron chi connectivity index (χ4n) is 5.44. The van der Waals surface area contributed by atoms with Crippen LogP contribution in [-0.2, 0) is 0 Å². The first-order chi connectivity index (χ1) is 13.1. The number of aryl methyl sites for hydroxylation is 2. The summed E-state index contributed by atoms with van der Waals surface area (Å²) in [6, 6.07) is 17.7. The molecule has 4 heteroatoms. The van der Waals surface area contributed by atoms with Crippen molar-refractivity contribution in [1.82, 2.24) is 9.05 Å². The van der Waals surface area contributed by atoms with Gasteiger partial charge < -0.3 is 4.48 Å². The quantitative estimate of drug-likeness (QED) is 0.382. The van der Waals surface area contributed by atoms with Crippen molar-refractivity contribution in [3.05, 3.63) is 72.1 Å². The Morgan fingerprint density at radius 2 is 1.74 bits per heavy atom. The SMILES string of the molecule is CC[B-]1(CC)c2n(-c3cccc(C)c3)cc[n+]2-c2c(C)c3ccccc3n21. The molecule has 0 saturated carbocycles. The number of hydrogen-bond acceptors (Lipinski definition) is 0. The highest BCUT2D eigenvalue weighted by molar-refractivity contribution is 6.90. The predicted octanol–water partition coefficient (Wildman–Crippen LogP) is 4.38. The Morgan fingerprint density at radius 3 is 2.48 bits per heavy atom. The Kier molecular flexibility index (Phi) is 3.42. The van der Waals surface area contributed by atoms with E-state index in [1.807, 2.05) is 0 Å². The van der Waals surface area contributed by atoms with Gasteiger partial charge in [0.25, 0.3) is 6.28 Å². The van der Waals surface area contributed by atoms with E-state index in [9.17, 15) is 0 Å². The lowest BCUT2D eigenvalue weighted by Crippen LogP contribution is -2.60. The van der Waals surface area contributed by atoms with E-state index in [2.05, 4.69) is 102 Å². The van der Waals surface area contributed by atoms with Gasteiger partial charge in [0.2, 0.25) is 0 Å². The number of nitrogens with zero attached hydrogens (tertiary/aromatic N) is 3. The van der Waals surface area contributed by atoms with Crippen molar-refractivity contribution in [2.75, 3.05) is 0 Å². The molecule has 136 valence electrons. The molecule has 0 fully saturated rings. The van der Waals surface area contributed by atoms with E-state index in [4.69, 9.17) is 0 Å². The monoisotopic (exact) mass is 355 g/mol. The van der Waals surface area contributed by atoms with E-state index in [1.165, 1.54) is 39.3 Å². The van der Waals surface area contributed by atoms with Crippen molar-refractivity contribution in [2.45, 2.75) is 40.3 Å². The van der Waals surface area contributed by atoms with Gasteiger partial charge in [-0.2, -0.15) is 0 Å². The summed E-state index contributed by atoms with van der Waals surface area (Å²) in [7, 11) is 0. The average molecular weight is 355 g/mol. The number of imidazole rings is 1. The number of benzene rings is 2. The first-order valence-electron chi connectivity index (χ1n) is 10.1. The molecule has 3 heterocycles. The second-order valence-electron chi connectivity index (χ2n) is 8.08. The average Bonchev–Trinajstić information content (AvgIpc) is 3.32. The summed E-state index contributed by atoms with van der Waals surface area (Å²) in [5.74, 6) is 1.35. The van der Waals surface area contributed by atoms with Gasteiger partial charge in [0, 0.05) is 10.9 Å². The third kappa shape index (κ3) is 1.96. The second kappa shape index (κ2) is 5.62. The Bertz CT molecular complexity index is 1180. The molecule has 1 aliphatic rings. The highest BCUT2D eigenvalue weighted by Crippen LogP contribution is 2.35. The van der Waals surface area contributed by atoms with Crippen LogP contribution in [0.25, 0.3) is 22.4 Å². The summed E-state index contributed by atoms with van der Waals surface area (Å²) >= 11 is 0. The Hall–Kier alpha value is -2.75. The van der Waals surface area contributed by atoms with Crippen LogP contribution in [0, 0.1) is 13.8 Å². The molecule has 0 radical (unpaired) electrons. The van der Waals surface area contributed by atoms with Crippen molar-refractivity contribution in [2.24, 2.45) is 0 Å². The fourth-order valence-corrected chi connectivity index (χ4v) is 5.44. The van der Waals surface area contributed by atoms with E-state index in [0.717, 1.165) is 12.6 Å². The zero-order valence-electron chi connectivity index (χ0n) is 16.6. The summed E-state index contributed by atoms with van der Waals surface area (Å²) in [6.45, 7) is 9.13. The molecule has 3 nitrogen and oxygen atoms in total. The highest BCUT2D eigenvalue weighted by atomic mass is 15.3. The molecule has 1 aliphatic heterocycles. The fraction of sp³-hybridized carbons (Fsp3) is 0.261. The number of hydrogen-bond donors (Lipinski definition) is 0. The van der Waals surface area contributed by atoms with Crippen molar-refractivity contribution in [3.8, 4) is 11.5 Å². The van der Waals surface area contributed by atoms with Gasteiger partial charge in [-0.05, 0) is 37.6 Å². The smallest absolute Gasteiger partial charge is 0.257 e. The van der Waals surface area contributed by atoms with Crippen LogP contribution in [0.1, 0.15) is 25.0 Å². The Labute approximate surface area is 160 Å². The van der Waals surface area contributed by atoms with Crippen LogP contribution in [0.2, 0.25) is 12.6 Å². The molecule has 0 aliphatic carbocycles.